The minimum Gasteiger partial charge on any atom is -0.330 e. The number of fused-ring (bicyclic) bond motifs is 1. The second-order valence-electron chi connectivity index (χ2n) is 8.10. The standard InChI is InChI=1S/C24H23ClN2O2S2/c25-17-5-3-16(4-6-17)24-20-10-13-31-21(20)9-11-26(24)23(29)15-27(18-7-8-18)22(28)14-19-2-1-12-30-19/h1-6,10,12-13,18,24H,7-9,11,14-15H2. The van der Waals surface area contributed by atoms with E-state index in [1.165, 1.54) is 10.4 Å². The largest absolute Gasteiger partial charge is 0.330 e. The van der Waals surface area contributed by atoms with Gasteiger partial charge in [-0.05, 0) is 65.4 Å². The molecule has 2 aromatic heterocycles. The van der Waals surface area contributed by atoms with E-state index in [-0.39, 0.29) is 30.4 Å². The van der Waals surface area contributed by atoms with Crippen LogP contribution in [0.15, 0.2) is 53.2 Å². The molecule has 0 spiro atoms. The van der Waals surface area contributed by atoms with Gasteiger partial charge in [0.15, 0.2) is 0 Å². The lowest BCUT2D eigenvalue weighted by Crippen LogP contribution is -2.47. The third-order valence-electron chi connectivity index (χ3n) is 5.99. The molecule has 160 valence electrons. The summed E-state index contributed by atoms with van der Waals surface area (Å²) >= 11 is 9.45. The van der Waals surface area contributed by atoms with Gasteiger partial charge in [-0.2, -0.15) is 0 Å². The van der Waals surface area contributed by atoms with Crippen LogP contribution in [0.3, 0.4) is 0 Å². The predicted molar refractivity (Wildman–Crippen MR) is 126 cm³/mol. The first-order valence-corrected chi connectivity index (χ1v) is 12.7. The minimum absolute atomic E-state index is 0.0169. The molecule has 1 aliphatic heterocycles. The number of nitrogens with zero attached hydrogens (tertiary/aromatic N) is 2. The van der Waals surface area contributed by atoms with E-state index in [0.29, 0.717) is 18.0 Å². The van der Waals surface area contributed by atoms with Gasteiger partial charge in [-0.25, -0.2) is 0 Å². The summed E-state index contributed by atoms with van der Waals surface area (Å²) in [7, 11) is 0. The lowest BCUT2D eigenvalue weighted by Gasteiger charge is -2.37. The highest BCUT2D eigenvalue weighted by Crippen LogP contribution is 2.38. The molecule has 0 N–H and O–H groups in total. The van der Waals surface area contributed by atoms with E-state index in [2.05, 4.69) is 11.4 Å². The van der Waals surface area contributed by atoms with Gasteiger partial charge in [0.25, 0.3) is 0 Å². The fourth-order valence-electron chi connectivity index (χ4n) is 4.30. The van der Waals surface area contributed by atoms with Gasteiger partial charge in [-0.1, -0.05) is 29.8 Å². The summed E-state index contributed by atoms with van der Waals surface area (Å²) in [5.74, 6) is 0.0674. The molecule has 1 fully saturated rings. The fraction of sp³-hybridized carbons (Fsp3) is 0.333. The van der Waals surface area contributed by atoms with Gasteiger partial charge in [-0.3, -0.25) is 9.59 Å². The molecule has 1 saturated carbocycles. The zero-order valence-corrected chi connectivity index (χ0v) is 19.4. The zero-order valence-electron chi connectivity index (χ0n) is 17.0. The average molecular weight is 471 g/mol. The quantitative estimate of drug-likeness (QED) is 0.498. The van der Waals surface area contributed by atoms with E-state index in [1.54, 1.807) is 22.7 Å². The lowest BCUT2D eigenvalue weighted by atomic mass is 9.93. The molecule has 5 rings (SSSR count). The summed E-state index contributed by atoms with van der Waals surface area (Å²) in [6.45, 7) is 0.815. The minimum atomic E-state index is -0.131. The Labute approximate surface area is 195 Å². The molecule has 0 saturated heterocycles. The number of halogens is 1. The van der Waals surface area contributed by atoms with Gasteiger partial charge < -0.3 is 9.80 Å². The molecule has 3 heterocycles. The molecule has 1 aromatic carbocycles. The van der Waals surface area contributed by atoms with Gasteiger partial charge in [0.05, 0.1) is 12.5 Å². The molecule has 0 radical (unpaired) electrons. The third kappa shape index (κ3) is 4.43. The summed E-state index contributed by atoms with van der Waals surface area (Å²) in [6.07, 6.45) is 3.20. The van der Waals surface area contributed by atoms with Crippen molar-refractivity contribution in [2.24, 2.45) is 0 Å². The number of hydrogen-bond acceptors (Lipinski definition) is 4. The summed E-state index contributed by atoms with van der Waals surface area (Å²) in [5.41, 5.74) is 2.25. The van der Waals surface area contributed by atoms with E-state index < -0.39 is 0 Å². The van der Waals surface area contributed by atoms with Crippen LogP contribution >= 0.6 is 34.3 Å². The van der Waals surface area contributed by atoms with E-state index in [0.717, 1.165) is 29.7 Å². The van der Waals surface area contributed by atoms with E-state index in [1.807, 2.05) is 51.6 Å². The molecule has 2 aliphatic rings. The molecule has 31 heavy (non-hydrogen) atoms. The van der Waals surface area contributed by atoms with E-state index >= 15 is 0 Å². The number of carbonyl (C=O) groups is 2. The van der Waals surface area contributed by atoms with Crippen molar-refractivity contribution >= 4 is 46.1 Å². The molecular weight excluding hydrogens is 448 g/mol. The zero-order chi connectivity index (χ0) is 21.4. The van der Waals surface area contributed by atoms with Crippen molar-refractivity contribution in [2.75, 3.05) is 13.1 Å². The Morgan fingerprint density at radius 1 is 1.06 bits per heavy atom. The number of benzene rings is 1. The molecule has 7 heteroatoms. The van der Waals surface area contributed by atoms with Crippen LogP contribution < -0.4 is 0 Å². The summed E-state index contributed by atoms with van der Waals surface area (Å²) in [4.78, 5) is 32.7. The van der Waals surface area contributed by atoms with Crippen LogP contribution in [0.2, 0.25) is 5.02 Å². The molecule has 0 bridgehead atoms. The van der Waals surface area contributed by atoms with Crippen LogP contribution in [0.1, 0.15) is 39.8 Å². The maximum atomic E-state index is 13.5. The first-order valence-electron chi connectivity index (χ1n) is 10.5. The topological polar surface area (TPSA) is 40.6 Å². The van der Waals surface area contributed by atoms with Gasteiger partial charge >= 0.3 is 0 Å². The summed E-state index contributed by atoms with van der Waals surface area (Å²) < 4.78 is 0. The Balaban J connectivity index is 1.38. The number of carbonyl (C=O) groups excluding carboxylic acids is 2. The Morgan fingerprint density at radius 2 is 1.87 bits per heavy atom. The Hall–Kier alpha value is -2.15. The van der Waals surface area contributed by atoms with Crippen molar-refractivity contribution in [3.63, 3.8) is 0 Å². The van der Waals surface area contributed by atoms with E-state index in [9.17, 15) is 9.59 Å². The molecule has 1 atom stereocenters. The van der Waals surface area contributed by atoms with Gasteiger partial charge in [0.1, 0.15) is 6.54 Å². The number of amides is 2. The fourth-order valence-corrected chi connectivity index (χ4v) is 6.02. The molecule has 1 unspecified atom stereocenters. The van der Waals surface area contributed by atoms with Crippen molar-refractivity contribution in [1.29, 1.82) is 0 Å². The normalized spacial score (nSPS) is 18.0. The number of hydrogen-bond donors (Lipinski definition) is 0. The average Bonchev–Trinajstić information content (AvgIpc) is 3.26. The SMILES string of the molecule is O=C(Cc1cccs1)N(CC(=O)N1CCc2sccc2C1c1ccc(Cl)cc1)C1CC1. The monoisotopic (exact) mass is 470 g/mol. The van der Waals surface area contributed by atoms with Crippen LogP contribution in [-0.4, -0.2) is 40.7 Å². The van der Waals surface area contributed by atoms with Crippen molar-refractivity contribution < 1.29 is 9.59 Å². The second kappa shape index (κ2) is 8.77. The van der Waals surface area contributed by atoms with Crippen LogP contribution in [0, 0.1) is 0 Å². The van der Waals surface area contributed by atoms with Crippen molar-refractivity contribution in [3.05, 3.63) is 79.1 Å². The molecule has 4 nitrogen and oxygen atoms in total. The Morgan fingerprint density at radius 3 is 2.58 bits per heavy atom. The highest BCUT2D eigenvalue weighted by molar-refractivity contribution is 7.10. The van der Waals surface area contributed by atoms with Crippen molar-refractivity contribution in [3.8, 4) is 0 Å². The first kappa shape index (κ1) is 20.7. The van der Waals surface area contributed by atoms with Crippen molar-refractivity contribution in [2.45, 2.75) is 37.8 Å². The second-order valence-corrected chi connectivity index (χ2v) is 10.6. The predicted octanol–water partition coefficient (Wildman–Crippen LogP) is 5.17. The maximum absolute atomic E-state index is 13.5. The lowest BCUT2D eigenvalue weighted by molar-refractivity contribution is -0.141. The van der Waals surface area contributed by atoms with Crippen LogP contribution in [0.5, 0.6) is 0 Å². The maximum Gasteiger partial charge on any atom is 0.243 e. The van der Waals surface area contributed by atoms with Crippen LogP contribution in [-0.2, 0) is 22.4 Å². The molecular formula is C24H23ClN2O2S2. The van der Waals surface area contributed by atoms with Gasteiger partial charge in [-0.15, -0.1) is 22.7 Å². The summed E-state index contributed by atoms with van der Waals surface area (Å²) in [5, 5.41) is 4.77. The molecule has 1 aliphatic carbocycles. The highest BCUT2D eigenvalue weighted by atomic mass is 35.5. The number of thiophene rings is 2. The van der Waals surface area contributed by atoms with Gasteiger partial charge in [0.2, 0.25) is 11.8 Å². The molecule has 3 aromatic rings. The van der Waals surface area contributed by atoms with Gasteiger partial charge in [0, 0.05) is 27.4 Å². The smallest absolute Gasteiger partial charge is 0.243 e. The van der Waals surface area contributed by atoms with Crippen LogP contribution in [0.25, 0.3) is 0 Å². The Bertz CT molecular complexity index is 1070. The van der Waals surface area contributed by atoms with E-state index in [4.69, 9.17) is 11.6 Å². The van der Waals surface area contributed by atoms with Crippen LogP contribution in [0.4, 0.5) is 0 Å². The Kier molecular flexibility index (Phi) is 5.87. The highest BCUT2D eigenvalue weighted by Gasteiger charge is 2.38. The third-order valence-corrected chi connectivity index (χ3v) is 8.12. The summed E-state index contributed by atoms with van der Waals surface area (Å²) in [6, 6.07) is 13.9. The first-order chi connectivity index (χ1) is 15.1. The molecule has 2 amide bonds. The number of rotatable bonds is 6. The van der Waals surface area contributed by atoms with Crippen molar-refractivity contribution in [1.82, 2.24) is 9.80 Å².